The highest BCUT2D eigenvalue weighted by Gasteiger charge is 2.32. The van der Waals surface area contributed by atoms with Crippen molar-refractivity contribution in [1.82, 2.24) is 14.8 Å². The van der Waals surface area contributed by atoms with Gasteiger partial charge < -0.3 is 4.90 Å². The van der Waals surface area contributed by atoms with Crippen molar-refractivity contribution in [1.29, 1.82) is 0 Å². The highest BCUT2D eigenvalue weighted by atomic mass is 32.1. The molecular formula is C31H43N3OS. The summed E-state index contributed by atoms with van der Waals surface area (Å²) in [5, 5.41) is 0.986. The van der Waals surface area contributed by atoms with Crippen LogP contribution in [0.2, 0.25) is 0 Å². The number of thiazole rings is 1. The van der Waals surface area contributed by atoms with Crippen molar-refractivity contribution in [2.45, 2.75) is 79.2 Å². The lowest BCUT2D eigenvalue weighted by atomic mass is 9.99. The Balaban J connectivity index is 0.00000176. The van der Waals surface area contributed by atoms with E-state index in [4.69, 9.17) is 4.98 Å². The summed E-state index contributed by atoms with van der Waals surface area (Å²) in [5.41, 5.74) is 6.00. The van der Waals surface area contributed by atoms with E-state index >= 15 is 0 Å². The van der Waals surface area contributed by atoms with Gasteiger partial charge in [0, 0.05) is 25.7 Å². The zero-order valence-corrected chi connectivity index (χ0v) is 23.7. The summed E-state index contributed by atoms with van der Waals surface area (Å²) < 4.78 is 0. The molecule has 194 valence electrons. The maximum absolute atomic E-state index is 13.5. The quantitative estimate of drug-likeness (QED) is 0.355. The number of terminal acetylenes is 1. The Morgan fingerprint density at radius 2 is 1.86 bits per heavy atom. The molecule has 1 aromatic rings. The fourth-order valence-corrected chi connectivity index (χ4v) is 6.39. The molecule has 0 atom stereocenters. The van der Waals surface area contributed by atoms with Gasteiger partial charge in [-0.15, -0.1) is 24.2 Å². The molecule has 4 nitrogen and oxygen atoms in total. The summed E-state index contributed by atoms with van der Waals surface area (Å²) in [6.45, 7) is 14.9. The minimum Gasteiger partial charge on any atom is -0.338 e. The van der Waals surface area contributed by atoms with Crippen LogP contribution in [0.5, 0.6) is 0 Å². The minimum absolute atomic E-state index is 0.173. The minimum atomic E-state index is 0.173. The molecule has 2 heterocycles. The monoisotopic (exact) mass is 505 g/mol. The molecule has 36 heavy (non-hydrogen) atoms. The largest absolute Gasteiger partial charge is 0.338 e. The standard InChI is InChI=1S/C29H41N3OS.C2H2/c1-6-8-26-20(3)9-12-24(18-21(26)4)28-30-22(5)27(34-28)29(33)31-16-13-25(14-17-31)32(15-7-2)19-23-10-11-23;1-2/h6,8-9,12,23,25H,7,10-11,13-19H2,1-5H3;1-2H/b8-6-;. The van der Waals surface area contributed by atoms with E-state index in [1.54, 1.807) is 11.3 Å². The van der Waals surface area contributed by atoms with Crippen LogP contribution in [-0.2, 0) is 0 Å². The van der Waals surface area contributed by atoms with Gasteiger partial charge >= 0.3 is 0 Å². The van der Waals surface area contributed by atoms with Crippen molar-refractivity contribution >= 4 is 22.8 Å². The number of allylic oxidation sites excluding steroid dienone is 8. The zero-order valence-electron chi connectivity index (χ0n) is 22.8. The van der Waals surface area contributed by atoms with Crippen LogP contribution < -0.4 is 0 Å². The maximum Gasteiger partial charge on any atom is 0.265 e. The molecule has 5 heteroatoms. The van der Waals surface area contributed by atoms with Gasteiger partial charge in [0.05, 0.1) is 5.69 Å². The number of amides is 1. The molecule has 2 fully saturated rings. The van der Waals surface area contributed by atoms with Gasteiger partial charge in [-0.25, -0.2) is 4.98 Å². The maximum atomic E-state index is 13.5. The Kier molecular flexibility index (Phi) is 10.3. The number of aromatic nitrogens is 1. The molecule has 1 amide bonds. The first-order valence-corrected chi connectivity index (χ1v) is 14.3. The number of hydrogen-bond donors (Lipinski definition) is 0. The van der Waals surface area contributed by atoms with Crippen LogP contribution in [-0.4, -0.2) is 52.9 Å². The smallest absolute Gasteiger partial charge is 0.265 e. The van der Waals surface area contributed by atoms with Gasteiger partial charge in [-0.05, 0) is 95.4 Å². The van der Waals surface area contributed by atoms with Gasteiger partial charge in [-0.2, -0.15) is 0 Å². The molecule has 4 rings (SSSR count). The number of likely N-dealkylation sites (tertiary alicyclic amines) is 1. The average molecular weight is 506 g/mol. The van der Waals surface area contributed by atoms with E-state index in [0.717, 1.165) is 53.8 Å². The molecule has 0 bridgehead atoms. The Morgan fingerprint density at radius 1 is 1.17 bits per heavy atom. The van der Waals surface area contributed by atoms with Gasteiger partial charge in [-0.3, -0.25) is 9.69 Å². The number of aryl methyl sites for hydroxylation is 1. The summed E-state index contributed by atoms with van der Waals surface area (Å²) in [7, 11) is 0. The van der Waals surface area contributed by atoms with E-state index in [9.17, 15) is 4.79 Å². The highest BCUT2D eigenvalue weighted by Crippen LogP contribution is 2.35. The van der Waals surface area contributed by atoms with Gasteiger partial charge in [0.15, 0.2) is 0 Å². The molecule has 0 spiro atoms. The molecular weight excluding hydrogens is 462 g/mol. The molecule has 1 aromatic heterocycles. The molecule has 1 aliphatic heterocycles. The molecule has 3 aliphatic rings. The fourth-order valence-electron chi connectivity index (χ4n) is 5.33. The number of rotatable bonds is 8. The van der Waals surface area contributed by atoms with Gasteiger partial charge in [0.2, 0.25) is 0 Å². The molecule has 0 radical (unpaired) electrons. The summed E-state index contributed by atoms with van der Waals surface area (Å²) in [6, 6.07) is 0.634. The normalized spacial score (nSPS) is 19.2. The van der Waals surface area contributed by atoms with Crippen LogP contribution in [0.15, 0.2) is 41.0 Å². The third-order valence-electron chi connectivity index (χ3n) is 7.44. The topological polar surface area (TPSA) is 36.4 Å². The van der Waals surface area contributed by atoms with Crippen LogP contribution in [0.25, 0.3) is 5.57 Å². The average Bonchev–Trinajstić information content (AvgIpc) is 3.65. The molecule has 0 aromatic carbocycles. The SMILES string of the molecule is C#C.C/C=C\C1=C(C)CC(c2nc(C)c(C(=O)N3CCC(N(CCC)CC4CC4)CC3)s2)=CC=C1C. The summed E-state index contributed by atoms with van der Waals surface area (Å²) in [5.74, 6) is 1.10. The molecule has 1 saturated carbocycles. The first-order valence-electron chi connectivity index (χ1n) is 13.5. The van der Waals surface area contributed by atoms with Gasteiger partial charge in [0.1, 0.15) is 9.88 Å². The van der Waals surface area contributed by atoms with E-state index in [1.165, 1.54) is 54.6 Å². The summed E-state index contributed by atoms with van der Waals surface area (Å²) in [6.07, 6.45) is 23.7. The Hall–Kier alpha value is -2.42. The zero-order chi connectivity index (χ0) is 26.2. The summed E-state index contributed by atoms with van der Waals surface area (Å²) in [4.78, 5) is 23.9. The van der Waals surface area contributed by atoms with Crippen molar-refractivity contribution < 1.29 is 4.79 Å². The molecule has 0 unspecified atom stereocenters. The van der Waals surface area contributed by atoms with Crippen LogP contribution in [0.3, 0.4) is 0 Å². The van der Waals surface area contributed by atoms with E-state index in [2.05, 4.69) is 74.6 Å². The van der Waals surface area contributed by atoms with E-state index in [1.807, 2.05) is 6.92 Å². The van der Waals surface area contributed by atoms with Crippen LogP contribution in [0, 0.1) is 25.7 Å². The molecule has 1 saturated heterocycles. The first kappa shape index (κ1) is 28.2. The number of carbonyl (C=O) groups is 1. The van der Waals surface area contributed by atoms with E-state index in [-0.39, 0.29) is 5.91 Å². The third kappa shape index (κ3) is 6.87. The van der Waals surface area contributed by atoms with E-state index < -0.39 is 0 Å². The third-order valence-corrected chi connectivity index (χ3v) is 8.66. The van der Waals surface area contributed by atoms with Crippen molar-refractivity contribution in [3.8, 4) is 12.8 Å². The predicted octanol–water partition coefficient (Wildman–Crippen LogP) is 7.05. The number of piperidine rings is 1. The van der Waals surface area contributed by atoms with Gasteiger partial charge in [0.25, 0.3) is 5.91 Å². The Morgan fingerprint density at radius 3 is 2.47 bits per heavy atom. The van der Waals surface area contributed by atoms with E-state index in [0.29, 0.717) is 6.04 Å². The number of nitrogens with zero attached hydrogens (tertiary/aromatic N) is 3. The van der Waals surface area contributed by atoms with Crippen LogP contribution in [0.4, 0.5) is 0 Å². The van der Waals surface area contributed by atoms with Crippen molar-refractivity contribution in [2.75, 3.05) is 26.2 Å². The lowest BCUT2D eigenvalue weighted by Crippen LogP contribution is -2.47. The van der Waals surface area contributed by atoms with Crippen LogP contribution in [0.1, 0.15) is 86.6 Å². The summed E-state index contributed by atoms with van der Waals surface area (Å²) >= 11 is 1.58. The second-order valence-corrected chi connectivity index (χ2v) is 11.3. The number of hydrogen-bond acceptors (Lipinski definition) is 4. The Labute approximate surface area is 222 Å². The predicted molar refractivity (Wildman–Crippen MR) is 154 cm³/mol. The first-order chi connectivity index (χ1) is 17.4. The fraction of sp³-hybridized carbons (Fsp3) is 0.548. The second kappa shape index (κ2) is 13.2. The Bertz CT molecular complexity index is 1060. The van der Waals surface area contributed by atoms with Crippen molar-refractivity contribution in [2.24, 2.45) is 5.92 Å². The number of carbonyl (C=O) groups excluding carboxylic acids is 1. The highest BCUT2D eigenvalue weighted by molar-refractivity contribution is 7.14. The van der Waals surface area contributed by atoms with Gasteiger partial charge in [-0.1, -0.05) is 36.8 Å². The van der Waals surface area contributed by atoms with Crippen molar-refractivity contribution in [3.63, 3.8) is 0 Å². The molecule has 0 N–H and O–H groups in total. The lowest BCUT2D eigenvalue weighted by Gasteiger charge is -2.38. The van der Waals surface area contributed by atoms with Crippen LogP contribution >= 0.6 is 11.3 Å². The second-order valence-electron chi connectivity index (χ2n) is 10.3. The molecule has 2 aliphatic carbocycles. The van der Waals surface area contributed by atoms with Crippen molar-refractivity contribution in [3.05, 3.63) is 56.6 Å². The lowest BCUT2D eigenvalue weighted by molar-refractivity contribution is 0.0615.